The minimum atomic E-state index is 0.332. The summed E-state index contributed by atoms with van der Waals surface area (Å²) in [4.78, 5) is 18.9. The number of hydrogen-bond donors (Lipinski definition) is 0. The zero-order valence-electron chi connectivity index (χ0n) is 7.71. The lowest BCUT2D eigenvalue weighted by molar-refractivity contribution is 0.111. The highest BCUT2D eigenvalue weighted by Crippen LogP contribution is 2.21. The number of carbonyl (C=O) groups is 1. The smallest absolute Gasteiger partial charge is 0.193 e. The Morgan fingerprint density at radius 1 is 1.23 bits per heavy atom. The minimum absolute atomic E-state index is 0.332. The lowest BCUT2D eigenvalue weighted by Gasteiger charge is -2.16. The summed E-state index contributed by atoms with van der Waals surface area (Å²) in [5.74, 6) is 0.332. The molecule has 0 saturated heterocycles. The van der Waals surface area contributed by atoms with Crippen LogP contribution in [0.4, 0.5) is 0 Å². The summed E-state index contributed by atoms with van der Waals surface area (Å²) in [7, 11) is 0. The molecule has 1 aliphatic carbocycles. The van der Waals surface area contributed by atoms with Gasteiger partial charge in [-0.15, -0.1) is 0 Å². The fourth-order valence-electron chi connectivity index (χ4n) is 1.86. The van der Waals surface area contributed by atoms with Gasteiger partial charge in [0, 0.05) is 11.4 Å². The Balaban J connectivity index is 2.52. The van der Waals surface area contributed by atoms with Crippen molar-refractivity contribution in [2.24, 2.45) is 0 Å². The van der Waals surface area contributed by atoms with Crippen LogP contribution in [0.3, 0.4) is 0 Å². The van der Waals surface area contributed by atoms with Gasteiger partial charge in [-0.05, 0) is 38.2 Å². The second-order valence-corrected chi connectivity index (χ2v) is 3.42. The highest BCUT2D eigenvalue weighted by Gasteiger charge is 2.14. The molecule has 1 aliphatic rings. The molecule has 1 aromatic rings. The first kappa shape index (κ1) is 8.35. The van der Waals surface area contributed by atoms with E-state index in [0.717, 1.165) is 30.5 Å². The van der Waals surface area contributed by atoms with Gasteiger partial charge in [0.25, 0.3) is 0 Å². The van der Waals surface area contributed by atoms with E-state index >= 15 is 0 Å². The third-order valence-corrected chi connectivity index (χ3v) is 2.51. The number of carbonyl (C=O) groups excluding carboxylic acids is 1. The molecule has 68 valence electrons. The maximum Gasteiger partial charge on any atom is 0.193 e. The molecule has 13 heavy (non-hydrogen) atoms. The number of hydrogen-bond acceptors (Lipinski definition) is 3. The van der Waals surface area contributed by atoms with Crippen LogP contribution in [-0.2, 0) is 12.8 Å². The van der Waals surface area contributed by atoms with Crippen LogP contribution in [0.25, 0.3) is 0 Å². The summed E-state index contributed by atoms with van der Waals surface area (Å²) in [6, 6.07) is 0. The molecule has 0 saturated carbocycles. The maximum atomic E-state index is 10.5. The van der Waals surface area contributed by atoms with Gasteiger partial charge in [-0.25, -0.2) is 9.97 Å². The second-order valence-electron chi connectivity index (χ2n) is 3.42. The Morgan fingerprint density at radius 2 is 2.00 bits per heavy atom. The zero-order chi connectivity index (χ0) is 9.26. The van der Waals surface area contributed by atoms with Crippen LogP contribution >= 0.6 is 0 Å². The molecule has 0 spiro atoms. The van der Waals surface area contributed by atoms with Gasteiger partial charge < -0.3 is 0 Å². The first-order valence-corrected chi connectivity index (χ1v) is 4.63. The lowest BCUT2D eigenvalue weighted by atomic mass is 9.95. The quantitative estimate of drug-likeness (QED) is 0.608. The summed E-state index contributed by atoms with van der Waals surface area (Å²) in [5, 5.41) is 0. The van der Waals surface area contributed by atoms with E-state index in [1.54, 1.807) is 0 Å². The Bertz CT molecular complexity index is 347. The average molecular weight is 176 g/mol. The number of aromatic nitrogens is 2. The van der Waals surface area contributed by atoms with Crippen molar-refractivity contribution in [2.45, 2.75) is 32.6 Å². The topological polar surface area (TPSA) is 42.9 Å². The van der Waals surface area contributed by atoms with Gasteiger partial charge in [-0.3, -0.25) is 4.79 Å². The van der Waals surface area contributed by atoms with Crippen molar-refractivity contribution in [1.29, 1.82) is 0 Å². The van der Waals surface area contributed by atoms with Gasteiger partial charge in [0.1, 0.15) is 0 Å². The van der Waals surface area contributed by atoms with Gasteiger partial charge >= 0.3 is 0 Å². The number of rotatable bonds is 1. The van der Waals surface area contributed by atoms with E-state index in [1.165, 1.54) is 18.4 Å². The summed E-state index contributed by atoms with van der Waals surface area (Å²) < 4.78 is 0. The van der Waals surface area contributed by atoms with Crippen LogP contribution in [0.1, 0.15) is 40.4 Å². The molecule has 0 unspecified atom stereocenters. The van der Waals surface area contributed by atoms with Crippen molar-refractivity contribution >= 4 is 6.29 Å². The van der Waals surface area contributed by atoms with Crippen molar-refractivity contribution in [2.75, 3.05) is 0 Å². The highest BCUT2D eigenvalue weighted by atomic mass is 16.1. The number of aryl methyl sites for hydroxylation is 2. The van der Waals surface area contributed by atoms with Crippen molar-refractivity contribution in [3.8, 4) is 0 Å². The molecule has 0 radical (unpaired) electrons. The van der Waals surface area contributed by atoms with Crippen LogP contribution in [0.5, 0.6) is 0 Å². The molecule has 0 atom stereocenters. The van der Waals surface area contributed by atoms with Crippen LogP contribution in [-0.4, -0.2) is 16.3 Å². The average Bonchev–Trinajstić information content (AvgIpc) is 2.18. The van der Waals surface area contributed by atoms with Crippen molar-refractivity contribution < 1.29 is 4.79 Å². The van der Waals surface area contributed by atoms with Crippen molar-refractivity contribution in [3.63, 3.8) is 0 Å². The van der Waals surface area contributed by atoms with Gasteiger partial charge in [0.2, 0.25) is 0 Å². The van der Waals surface area contributed by atoms with Crippen molar-refractivity contribution in [3.05, 3.63) is 22.8 Å². The third kappa shape index (κ3) is 1.46. The summed E-state index contributed by atoms with van der Waals surface area (Å²) in [6.45, 7) is 1.96. The summed E-state index contributed by atoms with van der Waals surface area (Å²) >= 11 is 0. The van der Waals surface area contributed by atoms with E-state index in [0.29, 0.717) is 5.82 Å². The maximum absolute atomic E-state index is 10.5. The fraction of sp³-hybridized carbons (Fsp3) is 0.500. The molecule has 0 aliphatic heterocycles. The summed E-state index contributed by atoms with van der Waals surface area (Å²) in [5.41, 5.74) is 3.32. The molecular formula is C10H12N2O. The first-order valence-electron chi connectivity index (χ1n) is 4.63. The SMILES string of the molecule is Cc1nc(C=O)nc2c1CCCC2. The molecule has 3 nitrogen and oxygen atoms in total. The summed E-state index contributed by atoms with van der Waals surface area (Å²) in [6.07, 6.45) is 5.20. The van der Waals surface area contributed by atoms with Gasteiger partial charge in [0.15, 0.2) is 12.1 Å². The molecule has 1 aromatic heterocycles. The lowest BCUT2D eigenvalue weighted by Crippen LogP contribution is -2.11. The van der Waals surface area contributed by atoms with E-state index < -0.39 is 0 Å². The zero-order valence-corrected chi connectivity index (χ0v) is 7.71. The van der Waals surface area contributed by atoms with Crippen LogP contribution in [0.2, 0.25) is 0 Å². The Morgan fingerprint density at radius 3 is 2.77 bits per heavy atom. The number of aldehydes is 1. The van der Waals surface area contributed by atoms with E-state index in [4.69, 9.17) is 0 Å². The predicted octanol–water partition coefficient (Wildman–Crippen LogP) is 1.48. The molecule has 3 heteroatoms. The molecule has 2 rings (SSSR count). The first-order chi connectivity index (χ1) is 6.31. The molecule has 0 fully saturated rings. The number of nitrogens with zero attached hydrogens (tertiary/aromatic N) is 2. The molecule has 1 heterocycles. The van der Waals surface area contributed by atoms with E-state index in [1.807, 2.05) is 6.92 Å². The van der Waals surface area contributed by atoms with Crippen LogP contribution < -0.4 is 0 Å². The Kier molecular flexibility index (Phi) is 2.08. The van der Waals surface area contributed by atoms with E-state index in [-0.39, 0.29) is 0 Å². The van der Waals surface area contributed by atoms with Crippen LogP contribution in [0.15, 0.2) is 0 Å². The van der Waals surface area contributed by atoms with Gasteiger partial charge in [-0.2, -0.15) is 0 Å². The monoisotopic (exact) mass is 176 g/mol. The molecule has 0 N–H and O–H groups in total. The predicted molar refractivity (Wildman–Crippen MR) is 48.8 cm³/mol. The Labute approximate surface area is 77.2 Å². The van der Waals surface area contributed by atoms with E-state index in [9.17, 15) is 4.79 Å². The van der Waals surface area contributed by atoms with Gasteiger partial charge in [-0.1, -0.05) is 0 Å². The molecule has 0 bridgehead atoms. The molecule has 0 amide bonds. The minimum Gasteiger partial charge on any atom is -0.294 e. The normalized spacial score (nSPS) is 15.2. The second kappa shape index (κ2) is 3.24. The van der Waals surface area contributed by atoms with Gasteiger partial charge in [0.05, 0.1) is 0 Å². The highest BCUT2D eigenvalue weighted by molar-refractivity contribution is 5.69. The molecular weight excluding hydrogens is 164 g/mol. The Hall–Kier alpha value is -1.25. The number of fused-ring (bicyclic) bond motifs is 1. The molecule has 0 aromatic carbocycles. The third-order valence-electron chi connectivity index (χ3n) is 2.51. The largest absolute Gasteiger partial charge is 0.294 e. The fourth-order valence-corrected chi connectivity index (χ4v) is 1.86. The standard InChI is InChI=1S/C10H12N2O/c1-7-8-4-2-3-5-9(8)12-10(6-13)11-7/h6H,2-5H2,1H3. The van der Waals surface area contributed by atoms with Crippen molar-refractivity contribution in [1.82, 2.24) is 9.97 Å². The van der Waals surface area contributed by atoms with E-state index in [2.05, 4.69) is 9.97 Å². The van der Waals surface area contributed by atoms with Crippen LogP contribution in [0, 0.1) is 6.92 Å².